The SMILES string of the molecule is Cl.Cl.Cl.NCCCC(=O)Nc1ccc(CN2CCN(c3ccccn3)CC2)cc1. The molecule has 1 aliphatic rings. The van der Waals surface area contributed by atoms with E-state index in [1.807, 2.05) is 30.5 Å². The minimum absolute atomic E-state index is 0. The summed E-state index contributed by atoms with van der Waals surface area (Å²) < 4.78 is 0. The van der Waals surface area contributed by atoms with E-state index in [1.54, 1.807) is 0 Å². The Morgan fingerprint density at radius 2 is 1.69 bits per heavy atom. The molecule has 1 amide bonds. The van der Waals surface area contributed by atoms with E-state index in [4.69, 9.17) is 5.73 Å². The van der Waals surface area contributed by atoms with Crippen molar-refractivity contribution in [3.63, 3.8) is 0 Å². The Morgan fingerprint density at radius 1 is 1.00 bits per heavy atom. The van der Waals surface area contributed by atoms with Crippen LogP contribution in [-0.4, -0.2) is 48.5 Å². The van der Waals surface area contributed by atoms with Crippen LogP contribution in [0, 0.1) is 0 Å². The number of rotatable bonds is 7. The fraction of sp³-hybridized carbons (Fsp3) is 0.400. The molecule has 0 bridgehead atoms. The Balaban J connectivity index is 0.00000261. The lowest BCUT2D eigenvalue weighted by atomic mass is 10.1. The molecule has 3 rings (SSSR count). The van der Waals surface area contributed by atoms with E-state index in [9.17, 15) is 4.79 Å². The van der Waals surface area contributed by atoms with Gasteiger partial charge in [0.2, 0.25) is 5.91 Å². The van der Waals surface area contributed by atoms with Crippen molar-refractivity contribution in [2.75, 3.05) is 42.9 Å². The normalized spacial score (nSPS) is 13.5. The van der Waals surface area contributed by atoms with E-state index in [0.717, 1.165) is 44.2 Å². The smallest absolute Gasteiger partial charge is 0.224 e. The van der Waals surface area contributed by atoms with Crippen molar-refractivity contribution in [3.8, 4) is 0 Å². The third kappa shape index (κ3) is 8.76. The molecule has 0 unspecified atom stereocenters. The third-order valence-corrected chi connectivity index (χ3v) is 4.60. The minimum atomic E-state index is 0. The van der Waals surface area contributed by atoms with Gasteiger partial charge in [-0.1, -0.05) is 18.2 Å². The van der Waals surface area contributed by atoms with Gasteiger partial charge in [-0.15, -0.1) is 37.2 Å². The van der Waals surface area contributed by atoms with Crippen molar-refractivity contribution in [2.45, 2.75) is 19.4 Å². The molecule has 9 heteroatoms. The van der Waals surface area contributed by atoms with E-state index in [2.05, 4.69) is 38.3 Å². The predicted octanol–water partition coefficient (Wildman–Crippen LogP) is 3.35. The van der Waals surface area contributed by atoms with Gasteiger partial charge in [0.05, 0.1) is 0 Å². The molecule has 3 N–H and O–H groups in total. The average molecular weight is 463 g/mol. The lowest BCUT2D eigenvalue weighted by Crippen LogP contribution is -2.46. The predicted molar refractivity (Wildman–Crippen MR) is 127 cm³/mol. The summed E-state index contributed by atoms with van der Waals surface area (Å²) in [6, 6.07) is 14.2. The number of nitrogens with two attached hydrogens (primary N) is 1. The summed E-state index contributed by atoms with van der Waals surface area (Å²) in [4.78, 5) is 20.9. The van der Waals surface area contributed by atoms with Gasteiger partial charge < -0.3 is 16.0 Å². The summed E-state index contributed by atoms with van der Waals surface area (Å²) >= 11 is 0. The lowest BCUT2D eigenvalue weighted by molar-refractivity contribution is -0.116. The highest BCUT2D eigenvalue weighted by Gasteiger charge is 2.17. The highest BCUT2D eigenvalue weighted by atomic mass is 35.5. The Labute approximate surface area is 191 Å². The van der Waals surface area contributed by atoms with Gasteiger partial charge in [0.1, 0.15) is 5.82 Å². The topological polar surface area (TPSA) is 74.5 Å². The van der Waals surface area contributed by atoms with Gasteiger partial charge in [-0.2, -0.15) is 0 Å². The minimum Gasteiger partial charge on any atom is -0.354 e. The molecule has 6 nitrogen and oxygen atoms in total. The number of halogens is 3. The van der Waals surface area contributed by atoms with E-state index in [-0.39, 0.29) is 43.1 Å². The van der Waals surface area contributed by atoms with Crippen LogP contribution in [0.3, 0.4) is 0 Å². The van der Waals surface area contributed by atoms with Gasteiger partial charge in [0, 0.05) is 51.0 Å². The molecule has 0 radical (unpaired) electrons. The first kappa shape index (κ1) is 27.4. The maximum atomic E-state index is 11.7. The molecule has 162 valence electrons. The summed E-state index contributed by atoms with van der Waals surface area (Å²) in [6.07, 6.45) is 3.03. The zero-order chi connectivity index (χ0) is 18.2. The first-order valence-corrected chi connectivity index (χ1v) is 9.22. The number of carbonyl (C=O) groups is 1. The zero-order valence-corrected chi connectivity index (χ0v) is 18.8. The summed E-state index contributed by atoms with van der Waals surface area (Å²) in [5, 5.41) is 2.91. The fourth-order valence-electron chi connectivity index (χ4n) is 3.11. The monoisotopic (exact) mass is 461 g/mol. The van der Waals surface area contributed by atoms with Crippen molar-refractivity contribution >= 4 is 54.6 Å². The Hall–Kier alpha value is -1.57. The Morgan fingerprint density at radius 3 is 2.28 bits per heavy atom. The molecule has 1 fully saturated rings. The van der Waals surface area contributed by atoms with Crippen molar-refractivity contribution in [1.29, 1.82) is 0 Å². The Kier molecular flexibility index (Phi) is 13.6. The van der Waals surface area contributed by atoms with Gasteiger partial charge in [0.25, 0.3) is 0 Å². The summed E-state index contributed by atoms with van der Waals surface area (Å²) in [7, 11) is 0. The average Bonchev–Trinajstić information content (AvgIpc) is 2.69. The second-order valence-electron chi connectivity index (χ2n) is 6.59. The summed E-state index contributed by atoms with van der Waals surface area (Å²) in [6.45, 7) is 5.50. The van der Waals surface area contributed by atoms with Crippen molar-refractivity contribution in [1.82, 2.24) is 9.88 Å². The molecular formula is C20H30Cl3N5O. The molecular weight excluding hydrogens is 433 g/mol. The molecule has 2 aromatic rings. The Bertz CT molecular complexity index is 695. The molecule has 0 saturated carbocycles. The number of pyridine rings is 1. The number of nitrogens with one attached hydrogen (secondary N) is 1. The van der Waals surface area contributed by atoms with Crippen LogP contribution in [-0.2, 0) is 11.3 Å². The number of anilines is 2. The van der Waals surface area contributed by atoms with Crippen LogP contribution in [0.2, 0.25) is 0 Å². The number of piperazine rings is 1. The van der Waals surface area contributed by atoms with E-state index < -0.39 is 0 Å². The molecule has 2 heterocycles. The van der Waals surface area contributed by atoms with E-state index >= 15 is 0 Å². The van der Waals surface area contributed by atoms with Gasteiger partial charge in [-0.3, -0.25) is 9.69 Å². The van der Waals surface area contributed by atoms with Crippen LogP contribution in [0.4, 0.5) is 11.5 Å². The van der Waals surface area contributed by atoms with Crippen LogP contribution in [0.25, 0.3) is 0 Å². The number of hydrogen-bond donors (Lipinski definition) is 2. The maximum Gasteiger partial charge on any atom is 0.224 e. The quantitative estimate of drug-likeness (QED) is 0.660. The van der Waals surface area contributed by atoms with Gasteiger partial charge in [-0.05, 0) is 42.8 Å². The third-order valence-electron chi connectivity index (χ3n) is 4.60. The number of carbonyl (C=O) groups excluding carboxylic acids is 1. The standard InChI is InChI=1S/C20H27N5O.3ClH/c21-10-3-5-20(26)23-18-8-6-17(7-9-18)16-24-12-14-25(15-13-24)19-4-1-2-11-22-19;;;/h1-2,4,6-9,11H,3,5,10,12-16,21H2,(H,23,26);3*1H. The fourth-order valence-corrected chi connectivity index (χ4v) is 3.11. The number of nitrogens with zero attached hydrogens (tertiary/aromatic N) is 3. The van der Waals surface area contributed by atoms with Gasteiger partial charge >= 0.3 is 0 Å². The maximum absolute atomic E-state index is 11.7. The molecule has 1 aromatic carbocycles. The molecule has 0 aliphatic carbocycles. The number of benzene rings is 1. The van der Waals surface area contributed by atoms with Crippen molar-refractivity contribution in [3.05, 3.63) is 54.2 Å². The van der Waals surface area contributed by atoms with Crippen molar-refractivity contribution in [2.24, 2.45) is 5.73 Å². The molecule has 0 spiro atoms. The molecule has 1 aliphatic heterocycles. The lowest BCUT2D eigenvalue weighted by Gasteiger charge is -2.35. The van der Waals surface area contributed by atoms with Crippen molar-refractivity contribution < 1.29 is 4.79 Å². The van der Waals surface area contributed by atoms with Crippen LogP contribution in [0.15, 0.2) is 48.7 Å². The second kappa shape index (κ2) is 14.4. The van der Waals surface area contributed by atoms with Crippen LogP contribution < -0.4 is 16.0 Å². The highest BCUT2D eigenvalue weighted by molar-refractivity contribution is 5.90. The van der Waals surface area contributed by atoms with E-state index in [1.165, 1.54) is 5.56 Å². The summed E-state index contributed by atoms with van der Waals surface area (Å²) in [5.74, 6) is 1.08. The highest BCUT2D eigenvalue weighted by Crippen LogP contribution is 2.16. The van der Waals surface area contributed by atoms with Crippen LogP contribution in [0.1, 0.15) is 18.4 Å². The van der Waals surface area contributed by atoms with Gasteiger partial charge in [-0.25, -0.2) is 4.98 Å². The molecule has 0 atom stereocenters. The van der Waals surface area contributed by atoms with E-state index in [0.29, 0.717) is 19.4 Å². The first-order chi connectivity index (χ1) is 12.7. The number of amides is 1. The molecule has 1 aromatic heterocycles. The summed E-state index contributed by atoms with van der Waals surface area (Å²) in [5.41, 5.74) is 7.53. The first-order valence-electron chi connectivity index (χ1n) is 9.22. The van der Waals surface area contributed by atoms with Crippen LogP contribution in [0.5, 0.6) is 0 Å². The molecule has 1 saturated heterocycles. The van der Waals surface area contributed by atoms with Gasteiger partial charge in [0.15, 0.2) is 0 Å². The largest absolute Gasteiger partial charge is 0.354 e. The number of aromatic nitrogens is 1. The zero-order valence-electron chi connectivity index (χ0n) is 16.3. The number of hydrogen-bond acceptors (Lipinski definition) is 5. The second-order valence-corrected chi connectivity index (χ2v) is 6.59. The molecule has 29 heavy (non-hydrogen) atoms. The van der Waals surface area contributed by atoms with Crippen LogP contribution >= 0.6 is 37.2 Å².